The van der Waals surface area contributed by atoms with Crippen LogP contribution in [0.1, 0.15) is 5.56 Å². The van der Waals surface area contributed by atoms with Gasteiger partial charge in [0.2, 0.25) is 0 Å². The van der Waals surface area contributed by atoms with E-state index in [0.717, 1.165) is 44.2 Å². The first-order valence-corrected chi connectivity index (χ1v) is 20.7. The molecule has 0 N–H and O–H groups in total. The van der Waals surface area contributed by atoms with Crippen LogP contribution < -0.4 is 20.7 Å². The van der Waals surface area contributed by atoms with Crippen molar-refractivity contribution < 1.29 is 21.1 Å². The summed E-state index contributed by atoms with van der Waals surface area (Å²) in [6, 6.07) is 71.6. The Balaban J connectivity index is 0.00000410. The number of nitrogens with zero attached hydrogens (tertiary/aromatic N) is 4. The number of imidazole rings is 1. The maximum atomic E-state index is 5.02. The molecule has 6 heteroatoms. The van der Waals surface area contributed by atoms with E-state index in [1.54, 1.807) is 0 Å². The van der Waals surface area contributed by atoms with E-state index in [4.69, 9.17) is 4.98 Å². The average Bonchev–Trinajstić information content (AvgIpc) is 3.76. The number of aromatic nitrogens is 4. The molecule has 0 aliphatic carbocycles. The Bertz CT molecular complexity index is 2980. The number of pyridine rings is 1. The van der Waals surface area contributed by atoms with Gasteiger partial charge in [-0.25, -0.2) is 14.1 Å². The molecule has 10 aromatic rings. The van der Waals surface area contributed by atoms with Gasteiger partial charge in [0.1, 0.15) is 13.9 Å². The number of hydrogen-bond donors (Lipinski definition) is 0. The van der Waals surface area contributed by atoms with Crippen molar-refractivity contribution in [3.05, 3.63) is 206 Å². The molecule has 0 radical (unpaired) electrons. The molecule has 0 atom stereocenters. The van der Waals surface area contributed by atoms with Crippen LogP contribution in [-0.4, -0.2) is 26.8 Å². The molecule has 0 saturated carbocycles. The van der Waals surface area contributed by atoms with Crippen LogP contribution in [0.3, 0.4) is 0 Å². The summed E-state index contributed by atoms with van der Waals surface area (Å²) in [5, 5.41) is 7.20. The third-order valence-electron chi connectivity index (χ3n) is 11.1. The first kappa shape index (κ1) is 35.6. The molecule has 0 aliphatic heterocycles. The SMILES string of the molecule is Cc1ccccc1-c1ccnc(-n2c3[c-]c([Si](c4[c-]c(-n5[cH+]n(C)c6ccccc65)ccc4)(c4ccccc4)c4ccccc4)ccc3c3ccccc32)c1.[Pt]. The molecule has 272 valence electrons. The normalized spacial score (nSPS) is 11.6. The maximum Gasteiger partial charge on any atom is 0.188 e. The Labute approximate surface area is 342 Å². The summed E-state index contributed by atoms with van der Waals surface area (Å²) in [5.74, 6) is 0.868. The zero-order valence-corrected chi connectivity index (χ0v) is 34.3. The van der Waals surface area contributed by atoms with E-state index in [1.807, 2.05) is 6.20 Å². The van der Waals surface area contributed by atoms with Crippen molar-refractivity contribution in [3.8, 4) is 22.6 Å². The molecule has 0 amide bonds. The van der Waals surface area contributed by atoms with E-state index in [2.05, 4.69) is 222 Å². The topological polar surface area (TPSA) is 27.7 Å². The van der Waals surface area contributed by atoms with Crippen LogP contribution in [0.5, 0.6) is 0 Å². The Kier molecular flexibility index (Phi) is 9.21. The van der Waals surface area contributed by atoms with Gasteiger partial charge in [0, 0.05) is 57.6 Å². The van der Waals surface area contributed by atoms with Crippen LogP contribution in [0.4, 0.5) is 0 Å². The second kappa shape index (κ2) is 14.5. The predicted octanol–water partition coefficient (Wildman–Crippen LogP) is 8.69. The number of fused-ring (bicyclic) bond motifs is 4. The van der Waals surface area contributed by atoms with Crippen molar-refractivity contribution in [2.75, 3.05) is 0 Å². The predicted molar refractivity (Wildman–Crippen MR) is 230 cm³/mol. The number of para-hydroxylation sites is 3. The molecular formula is C50H37N4PtSi-. The van der Waals surface area contributed by atoms with Gasteiger partial charge >= 0.3 is 0 Å². The average molecular weight is 917 g/mol. The van der Waals surface area contributed by atoms with E-state index < -0.39 is 8.07 Å². The van der Waals surface area contributed by atoms with Gasteiger partial charge in [0.05, 0.1) is 0 Å². The Morgan fingerprint density at radius 3 is 1.96 bits per heavy atom. The smallest absolute Gasteiger partial charge is 0.188 e. The second-order valence-corrected chi connectivity index (χ2v) is 18.0. The number of benzene rings is 7. The summed E-state index contributed by atoms with van der Waals surface area (Å²) in [6.45, 7) is 2.16. The molecule has 0 saturated heterocycles. The molecule has 56 heavy (non-hydrogen) atoms. The molecule has 3 heterocycles. The first-order chi connectivity index (χ1) is 27.1. The summed E-state index contributed by atoms with van der Waals surface area (Å²) < 4.78 is 6.74. The van der Waals surface area contributed by atoms with Crippen molar-refractivity contribution in [1.29, 1.82) is 0 Å². The zero-order valence-electron chi connectivity index (χ0n) is 31.0. The first-order valence-electron chi connectivity index (χ1n) is 18.7. The number of rotatable bonds is 7. The Hall–Kier alpha value is -6.13. The van der Waals surface area contributed by atoms with Gasteiger partial charge in [0.25, 0.3) is 0 Å². The molecule has 0 unspecified atom stereocenters. The monoisotopic (exact) mass is 916 g/mol. The fraction of sp³-hybridized carbons (Fsp3) is 0.0400. The largest absolute Gasteiger partial charge is 0.319 e. The van der Waals surface area contributed by atoms with Gasteiger partial charge in [-0.3, -0.25) is 0 Å². The summed E-state index contributed by atoms with van der Waals surface area (Å²) in [5.41, 5.74) is 9.01. The molecule has 7 aromatic carbocycles. The summed E-state index contributed by atoms with van der Waals surface area (Å²) in [4.78, 5) is 5.02. The standard InChI is InChI=1S/C50H37N4Si.Pt/c1-36-16-9-10-23-43(36)37-30-31-51-50(32-37)54-46-25-12-11-24-44(46)45-29-28-42(34-49(45)54)55(39-18-5-3-6-19-39,40-20-7-4-8-21-40)41-22-15-17-38(33-41)53-35-52(2)47-26-13-14-27-48(47)53;/h3-32,35H,1-2H3;/q-1;. The van der Waals surface area contributed by atoms with E-state index in [9.17, 15) is 0 Å². The van der Waals surface area contributed by atoms with Crippen molar-refractivity contribution >= 4 is 61.7 Å². The van der Waals surface area contributed by atoms with Crippen molar-refractivity contribution in [2.24, 2.45) is 7.05 Å². The van der Waals surface area contributed by atoms with Gasteiger partial charge in [-0.05, 0) is 69.7 Å². The van der Waals surface area contributed by atoms with E-state index in [0.29, 0.717) is 0 Å². The molecule has 10 rings (SSSR count). The van der Waals surface area contributed by atoms with Crippen LogP contribution >= 0.6 is 0 Å². The van der Waals surface area contributed by atoms with Gasteiger partial charge in [-0.15, -0.1) is 22.7 Å². The third-order valence-corrected chi connectivity index (χ3v) is 15.7. The van der Waals surface area contributed by atoms with Crippen LogP contribution in [-0.2, 0) is 28.1 Å². The Morgan fingerprint density at radius 1 is 0.571 bits per heavy atom. The van der Waals surface area contributed by atoms with E-state index in [1.165, 1.54) is 37.6 Å². The minimum atomic E-state index is -3.05. The summed E-state index contributed by atoms with van der Waals surface area (Å²) >= 11 is 0. The van der Waals surface area contributed by atoms with Crippen LogP contribution in [0.15, 0.2) is 188 Å². The number of hydrogen-bond acceptors (Lipinski definition) is 1. The van der Waals surface area contributed by atoms with Gasteiger partial charge in [-0.2, -0.15) is 35.5 Å². The molecule has 3 aromatic heterocycles. The van der Waals surface area contributed by atoms with Crippen molar-refractivity contribution in [2.45, 2.75) is 6.92 Å². The molecule has 4 nitrogen and oxygen atoms in total. The zero-order chi connectivity index (χ0) is 36.9. The minimum absolute atomic E-state index is 0. The van der Waals surface area contributed by atoms with Crippen molar-refractivity contribution in [3.63, 3.8) is 0 Å². The molecule has 0 aliphatic rings. The maximum absolute atomic E-state index is 5.02. The summed E-state index contributed by atoms with van der Waals surface area (Å²) in [7, 11) is -0.949. The van der Waals surface area contributed by atoms with Crippen LogP contribution in [0.2, 0.25) is 0 Å². The molecule has 0 fully saturated rings. The summed E-state index contributed by atoms with van der Waals surface area (Å²) in [6.07, 6.45) is 4.09. The van der Waals surface area contributed by atoms with Gasteiger partial charge in [-0.1, -0.05) is 109 Å². The quantitative estimate of drug-likeness (QED) is 0.0895. The van der Waals surface area contributed by atoms with Crippen LogP contribution in [0, 0.1) is 19.1 Å². The molecule has 0 spiro atoms. The Morgan fingerprint density at radius 2 is 1.21 bits per heavy atom. The molecular weight excluding hydrogens is 880 g/mol. The van der Waals surface area contributed by atoms with Gasteiger partial charge < -0.3 is 4.57 Å². The second-order valence-electron chi connectivity index (χ2n) is 14.2. The number of aryl methyl sites for hydroxylation is 2. The van der Waals surface area contributed by atoms with E-state index in [-0.39, 0.29) is 21.1 Å². The minimum Gasteiger partial charge on any atom is -0.319 e. The van der Waals surface area contributed by atoms with Crippen LogP contribution in [0.25, 0.3) is 55.5 Å². The van der Waals surface area contributed by atoms with Gasteiger partial charge in [0.15, 0.2) is 17.4 Å². The fourth-order valence-electron chi connectivity index (χ4n) is 8.54. The molecule has 0 bridgehead atoms. The van der Waals surface area contributed by atoms with Crippen molar-refractivity contribution in [1.82, 2.24) is 18.7 Å². The van der Waals surface area contributed by atoms with E-state index >= 15 is 0 Å². The fourth-order valence-corrected chi connectivity index (χ4v) is 13.1. The third kappa shape index (κ3) is 5.70.